The predicted octanol–water partition coefficient (Wildman–Crippen LogP) is 8.22. The molecule has 6 N–H and O–H groups in total. The zero-order valence-electron chi connectivity index (χ0n) is 45.1. The maximum atomic E-state index is 10.8. The molecule has 0 saturated heterocycles. The van der Waals surface area contributed by atoms with Crippen LogP contribution >= 0.6 is 0 Å². The average Bonchev–Trinajstić information content (AvgIpc) is 3.73. The number of ketones is 7. The summed E-state index contributed by atoms with van der Waals surface area (Å²) < 4.78 is 0. The van der Waals surface area contributed by atoms with E-state index in [-0.39, 0.29) is 83.4 Å². The number of carbonyl (C=O) groups excluding carboxylic acids is 7. The number of nitrogens with zero attached hydrogens (tertiary/aromatic N) is 3. The number of carboxylic acid groups (broad SMARTS) is 5. The number of nitrogens with one attached hydrogen (secondary N) is 1. The second-order valence-corrected chi connectivity index (χ2v) is 19.4. The van der Waals surface area contributed by atoms with E-state index in [1.54, 1.807) is 48.5 Å². The summed E-state index contributed by atoms with van der Waals surface area (Å²) in [6, 6.07) is 7.59. The summed E-state index contributed by atoms with van der Waals surface area (Å²) in [6.45, 7) is 21.2. The molecule has 1 aliphatic rings. The molecule has 21 nitrogen and oxygen atoms in total. The molecule has 0 bridgehead atoms. The van der Waals surface area contributed by atoms with Gasteiger partial charge in [-0.2, -0.15) is 5.21 Å². The van der Waals surface area contributed by atoms with Crippen LogP contribution in [0, 0.1) is 35.5 Å². The summed E-state index contributed by atoms with van der Waals surface area (Å²) in [5, 5.41) is 55.1. The molecule has 3 atom stereocenters. The molecule has 3 rings (SSSR count). The number of aliphatic carboxylic acids is 5. The Morgan fingerprint density at radius 3 is 1.52 bits per heavy atom. The summed E-state index contributed by atoms with van der Waals surface area (Å²) in [5.74, 6) is -3.40. The Morgan fingerprint density at radius 2 is 1.18 bits per heavy atom. The SMILES string of the molecule is CC(=O)C(C)CCC(=O)O.CC(=O)CC(C)(C)CC(=O)O.CC(=O)CC(C)CC(=O)O.CC(=O)CC1(CC(=O)O)CC1.CC(=O)CCC(C)C(=O)O.CC(=O)CCCc1nn[nH]n1.CC(=O)c1cccc(C)c1. The number of hydrogen-bond acceptors (Lipinski definition) is 15. The van der Waals surface area contributed by atoms with Gasteiger partial charge in [-0.15, -0.1) is 10.2 Å². The van der Waals surface area contributed by atoms with Gasteiger partial charge in [0, 0.05) is 62.8 Å². The van der Waals surface area contributed by atoms with Crippen molar-refractivity contribution in [1.82, 2.24) is 20.6 Å². The van der Waals surface area contributed by atoms with Crippen LogP contribution in [0.15, 0.2) is 24.3 Å². The highest BCUT2D eigenvalue weighted by molar-refractivity contribution is 5.94. The molecular formula is C52H82N4O17. The average molecular weight is 1040 g/mol. The second kappa shape index (κ2) is 39.9. The van der Waals surface area contributed by atoms with E-state index >= 15 is 0 Å². The molecule has 2 aromatic rings. The van der Waals surface area contributed by atoms with E-state index in [0.717, 1.165) is 36.8 Å². The van der Waals surface area contributed by atoms with E-state index < -0.39 is 41.2 Å². The number of aromatic amines is 1. The molecule has 1 aliphatic carbocycles. The number of H-pyrrole nitrogens is 1. The Bertz CT molecular complexity index is 1960. The maximum Gasteiger partial charge on any atom is 0.306 e. The van der Waals surface area contributed by atoms with Gasteiger partial charge >= 0.3 is 29.8 Å². The number of carbonyl (C=O) groups is 12. The molecule has 412 valence electrons. The first kappa shape index (κ1) is 72.9. The Hall–Kier alpha value is -6.67. The number of tetrazole rings is 1. The highest BCUT2D eigenvalue weighted by atomic mass is 16.4. The Balaban J connectivity index is -0.000000381. The standard InChI is InChI=1S/C9H10O.C8H12O3.C8H14O3.3C7H12O3.C6H10N4O/c1-7-4-3-5-9(6-7)8(2)10;1-6(9)4-8(2-3-8)5-7(10)11;1-6(9)4-8(2,3)5-7(10)11;1-5(3-6(2)8)4-7(9)10;1-5(6(2)8)3-4-7(9)10;1-5(7(9)10)3-4-6(2)8;1-5(11)3-2-4-6-7-9-10-8-6/h3-6H,1-2H3;2-5H2,1H3,(H,10,11);4-5H2,1-3H3,(H,10,11);3*5H,3-4H2,1-2H3,(H,9,10);2-4H2,1H3,(H,7,8,9,10). The number of Topliss-reactive ketones (excluding diaryl/α,β-unsaturated/α-hetero) is 7. The van der Waals surface area contributed by atoms with E-state index in [0.29, 0.717) is 50.8 Å². The van der Waals surface area contributed by atoms with Crippen molar-refractivity contribution in [3.63, 3.8) is 0 Å². The molecule has 73 heavy (non-hydrogen) atoms. The van der Waals surface area contributed by atoms with Gasteiger partial charge in [-0.05, 0) is 110 Å². The minimum atomic E-state index is -0.851. The van der Waals surface area contributed by atoms with Crippen molar-refractivity contribution in [3.8, 4) is 0 Å². The minimum absolute atomic E-state index is 0.0324. The first-order valence-corrected chi connectivity index (χ1v) is 23.8. The summed E-state index contributed by atoms with van der Waals surface area (Å²) in [4.78, 5) is 125. The van der Waals surface area contributed by atoms with Crippen molar-refractivity contribution in [2.75, 3.05) is 0 Å². The zero-order valence-corrected chi connectivity index (χ0v) is 45.1. The second-order valence-electron chi connectivity index (χ2n) is 19.4. The van der Waals surface area contributed by atoms with Crippen LogP contribution in [0.4, 0.5) is 0 Å². The molecule has 1 aromatic carbocycles. The molecule has 1 saturated carbocycles. The van der Waals surface area contributed by atoms with E-state index in [2.05, 4.69) is 20.6 Å². The molecule has 1 fully saturated rings. The van der Waals surface area contributed by atoms with Crippen molar-refractivity contribution >= 4 is 70.3 Å². The lowest BCUT2D eigenvalue weighted by molar-refractivity contribution is -0.142. The Labute approximate surface area is 429 Å². The molecule has 1 heterocycles. The first-order valence-electron chi connectivity index (χ1n) is 23.8. The molecule has 0 aliphatic heterocycles. The minimum Gasteiger partial charge on any atom is -0.481 e. The van der Waals surface area contributed by atoms with Crippen LogP contribution in [0.25, 0.3) is 0 Å². The molecule has 0 amide bonds. The summed E-state index contributed by atoms with van der Waals surface area (Å²) in [7, 11) is 0. The number of aryl methyl sites for hydroxylation is 2. The third-order valence-corrected chi connectivity index (χ3v) is 10.2. The smallest absolute Gasteiger partial charge is 0.306 e. The van der Waals surface area contributed by atoms with Gasteiger partial charge in [-0.25, -0.2) is 0 Å². The molecular weight excluding hydrogens is 953 g/mol. The third kappa shape index (κ3) is 51.5. The van der Waals surface area contributed by atoms with E-state index in [1.165, 1.54) is 34.6 Å². The van der Waals surface area contributed by atoms with Crippen LogP contribution in [0.5, 0.6) is 0 Å². The highest BCUT2D eigenvalue weighted by Crippen LogP contribution is 2.51. The van der Waals surface area contributed by atoms with Crippen molar-refractivity contribution in [2.45, 2.75) is 186 Å². The van der Waals surface area contributed by atoms with Gasteiger partial charge in [0.05, 0.1) is 18.8 Å². The van der Waals surface area contributed by atoms with Crippen LogP contribution in [0.2, 0.25) is 0 Å². The molecule has 1 aromatic heterocycles. The zero-order chi connectivity index (χ0) is 57.7. The van der Waals surface area contributed by atoms with Crippen LogP contribution < -0.4 is 0 Å². The fourth-order valence-corrected chi connectivity index (χ4v) is 6.18. The van der Waals surface area contributed by atoms with Gasteiger partial charge in [0.15, 0.2) is 11.6 Å². The highest BCUT2D eigenvalue weighted by Gasteiger charge is 2.45. The van der Waals surface area contributed by atoms with E-state index in [4.69, 9.17) is 25.5 Å². The normalized spacial score (nSPS) is 12.6. The Morgan fingerprint density at radius 1 is 0.630 bits per heavy atom. The van der Waals surface area contributed by atoms with Crippen molar-refractivity contribution in [1.29, 1.82) is 0 Å². The largest absolute Gasteiger partial charge is 0.481 e. The van der Waals surface area contributed by atoms with Gasteiger partial charge in [0.1, 0.15) is 34.7 Å². The quantitative estimate of drug-likeness (QED) is 0.0510. The maximum absolute atomic E-state index is 10.8. The monoisotopic (exact) mass is 1030 g/mol. The molecule has 3 unspecified atom stereocenters. The van der Waals surface area contributed by atoms with Crippen LogP contribution in [-0.2, 0) is 59.2 Å². The third-order valence-electron chi connectivity index (χ3n) is 10.2. The van der Waals surface area contributed by atoms with Gasteiger partial charge < -0.3 is 49.5 Å². The fourth-order valence-electron chi connectivity index (χ4n) is 6.18. The van der Waals surface area contributed by atoms with Crippen LogP contribution in [-0.4, -0.2) is 116 Å². The van der Waals surface area contributed by atoms with Crippen LogP contribution in [0.3, 0.4) is 0 Å². The van der Waals surface area contributed by atoms with Gasteiger partial charge in [0.2, 0.25) is 0 Å². The van der Waals surface area contributed by atoms with Crippen molar-refractivity contribution in [2.24, 2.45) is 28.6 Å². The van der Waals surface area contributed by atoms with Gasteiger partial charge in [-0.3, -0.25) is 33.6 Å². The molecule has 0 radical (unpaired) electrons. The number of hydrogen-bond donors (Lipinski definition) is 6. The predicted molar refractivity (Wildman–Crippen MR) is 270 cm³/mol. The number of rotatable bonds is 25. The number of benzene rings is 1. The molecule has 21 heteroatoms. The lowest BCUT2D eigenvalue weighted by Crippen LogP contribution is -2.19. The van der Waals surface area contributed by atoms with Gasteiger partial charge in [-0.1, -0.05) is 63.6 Å². The Kier molecular flexibility index (Phi) is 39.8. The topological polar surface area (TPSA) is 360 Å². The first-order chi connectivity index (χ1) is 33.5. The summed E-state index contributed by atoms with van der Waals surface area (Å²) >= 11 is 0. The molecule has 0 spiro atoms. The summed E-state index contributed by atoms with van der Waals surface area (Å²) in [5.41, 5.74) is 1.36. The lowest BCUT2D eigenvalue weighted by atomic mass is 9.84. The summed E-state index contributed by atoms with van der Waals surface area (Å²) in [6.07, 6.45) is 6.70. The van der Waals surface area contributed by atoms with E-state index in [9.17, 15) is 57.5 Å². The lowest BCUT2D eigenvalue weighted by Gasteiger charge is -2.19. The van der Waals surface area contributed by atoms with Gasteiger partial charge in [0.25, 0.3) is 0 Å². The number of carboxylic acids is 5. The van der Waals surface area contributed by atoms with Crippen LogP contribution in [0.1, 0.15) is 195 Å². The van der Waals surface area contributed by atoms with Crippen molar-refractivity contribution in [3.05, 3.63) is 41.2 Å². The van der Waals surface area contributed by atoms with E-state index in [1.807, 2.05) is 31.2 Å². The van der Waals surface area contributed by atoms with Crippen molar-refractivity contribution < 1.29 is 83.1 Å². The number of aromatic nitrogens is 4. The fraction of sp³-hybridized carbons (Fsp3) is 0.635.